The minimum Gasteiger partial charge on any atom is -0.440 e. The summed E-state index contributed by atoms with van der Waals surface area (Å²) in [5.41, 5.74) is 9.97. The van der Waals surface area contributed by atoms with Crippen molar-refractivity contribution >= 4 is 27.8 Å². The number of nitrogens with two attached hydrogens (primary N) is 1. The molecule has 1 aromatic carbocycles. The average Bonchev–Trinajstić information content (AvgIpc) is 3.02. The molecule has 0 aliphatic heterocycles. The first kappa shape index (κ1) is 19.6. The van der Waals surface area contributed by atoms with Gasteiger partial charge in [0.2, 0.25) is 0 Å². The number of aromatic nitrogens is 2. The molecule has 146 valence electrons. The zero-order valence-corrected chi connectivity index (χ0v) is 17.1. The summed E-state index contributed by atoms with van der Waals surface area (Å²) >= 11 is 0. The van der Waals surface area contributed by atoms with Gasteiger partial charge in [-0.1, -0.05) is 19.4 Å². The molecule has 0 spiro atoms. The molecule has 0 aliphatic carbocycles. The fourth-order valence-corrected chi connectivity index (χ4v) is 3.34. The molecule has 0 radical (unpaired) electrons. The highest BCUT2D eigenvalue weighted by Crippen LogP contribution is 2.29. The summed E-state index contributed by atoms with van der Waals surface area (Å²) in [6.07, 6.45) is 6.47. The zero-order chi connectivity index (χ0) is 19.4. The van der Waals surface area contributed by atoms with Gasteiger partial charge in [-0.15, -0.1) is 0 Å². The summed E-state index contributed by atoms with van der Waals surface area (Å²) in [6, 6.07) is 6.41. The standard InChI is InChI=1S/C22H32N4O/c1-5-9-18-26-19-20(27-18)16-12-11-15(14-17(16)25-21(19)23)10-7-6-8-13-24-22(2,3)4/h11-12,14,24H,5-10,13H2,1-4H3,(H2,23,25). The topological polar surface area (TPSA) is 77.0 Å². The minimum absolute atomic E-state index is 0.201. The van der Waals surface area contributed by atoms with Crippen LogP contribution < -0.4 is 11.1 Å². The number of hydrogen-bond donors (Lipinski definition) is 2. The van der Waals surface area contributed by atoms with E-state index in [4.69, 9.17) is 10.2 Å². The van der Waals surface area contributed by atoms with E-state index in [9.17, 15) is 0 Å². The Morgan fingerprint density at radius 3 is 2.63 bits per heavy atom. The maximum Gasteiger partial charge on any atom is 0.195 e. The van der Waals surface area contributed by atoms with Gasteiger partial charge in [-0.25, -0.2) is 9.97 Å². The number of nitrogen functional groups attached to an aromatic ring is 1. The van der Waals surface area contributed by atoms with Crippen molar-refractivity contribution in [3.8, 4) is 0 Å². The molecule has 5 heteroatoms. The number of fused-ring (bicyclic) bond motifs is 3. The molecule has 0 saturated heterocycles. The Kier molecular flexibility index (Phi) is 6.00. The van der Waals surface area contributed by atoms with Crippen LogP contribution in [0.3, 0.4) is 0 Å². The van der Waals surface area contributed by atoms with Crippen molar-refractivity contribution in [1.82, 2.24) is 15.3 Å². The van der Waals surface area contributed by atoms with Crippen molar-refractivity contribution in [3.63, 3.8) is 0 Å². The molecule has 3 N–H and O–H groups in total. The van der Waals surface area contributed by atoms with E-state index >= 15 is 0 Å². The van der Waals surface area contributed by atoms with Gasteiger partial charge in [-0.3, -0.25) is 0 Å². The number of anilines is 1. The second-order valence-corrected chi connectivity index (χ2v) is 8.37. The molecule has 3 aromatic rings. The summed E-state index contributed by atoms with van der Waals surface area (Å²) in [6.45, 7) is 9.80. The van der Waals surface area contributed by atoms with Crippen LogP contribution in [0.1, 0.15) is 64.8 Å². The lowest BCUT2D eigenvalue weighted by Gasteiger charge is -2.20. The van der Waals surface area contributed by atoms with Crippen molar-refractivity contribution < 1.29 is 4.42 Å². The van der Waals surface area contributed by atoms with Crippen LogP contribution >= 0.6 is 0 Å². The summed E-state index contributed by atoms with van der Waals surface area (Å²) < 4.78 is 5.96. The van der Waals surface area contributed by atoms with Crippen molar-refractivity contribution in [3.05, 3.63) is 29.7 Å². The van der Waals surface area contributed by atoms with Crippen LogP contribution in [0.15, 0.2) is 22.6 Å². The third-order valence-electron chi connectivity index (χ3n) is 4.72. The maximum absolute atomic E-state index is 6.13. The summed E-state index contributed by atoms with van der Waals surface area (Å²) in [4.78, 5) is 9.08. The van der Waals surface area contributed by atoms with Crippen LogP contribution in [0.4, 0.5) is 5.82 Å². The molecular formula is C22H32N4O. The van der Waals surface area contributed by atoms with E-state index in [-0.39, 0.29) is 5.54 Å². The number of hydrogen-bond acceptors (Lipinski definition) is 5. The van der Waals surface area contributed by atoms with Crippen molar-refractivity contribution in [2.75, 3.05) is 12.3 Å². The number of benzene rings is 1. The number of rotatable bonds is 8. The highest BCUT2D eigenvalue weighted by molar-refractivity contribution is 6.04. The number of nitrogens with zero attached hydrogens (tertiary/aromatic N) is 2. The van der Waals surface area contributed by atoms with Crippen LogP contribution in [0.5, 0.6) is 0 Å². The third-order valence-corrected chi connectivity index (χ3v) is 4.72. The molecule has 27 heavy (non-hydrogen) atoms. The number of nitrogens with one attached hydrogen (secondary N) is 1. The Balaban J connectivity index is 1.67. The molecule has 5 nitrogen and oxygen atoms in total. The minimum atomic E-state index is 0.201. The third kappa shape index (κ3) is 4.98. The Morgan fingerprint density at radius 1 is 1.07 bits per heavy atom. The quantitative estimate of drug-likeness (QED) is 0.546. The van der Waals surface area contributed by atoms with Crippen molar-refractivity contribution in [2.24, 2.45) is 0 Å². The smallest absolute Gasteiger partial charge is 0.195 e. The van der Waals surface area contributed by atoms with Gasteiger partial charge in [0.05, 0.1) is 5.52 Å². The highest BCUT2D eigenvalue weighted by atomic mass is 16.3. The molecule has 2 aromatic heterocycles. The van der Waals surface area contributed by atoms with Gasteiger partial charge in [-0.2, -0.15) is 0 Å². The lowest BCUT2D eigenvalue weighted by molar-refractivity contribution is 0.417. The van der Waals surface area contributed by atoms with Gasteiger partial charge in [0.15, 0.2) is 22.8 Å². The first-order valence-corrected chi connectivity index (χ1v) is 10.1. The fourth-order valence-electron chi connectivity index (χ4n) is 3.34. The van der Waals surface area contributed by atoms with Crippen molar-refractivity contribution in [1.29, 1.82) is 0 Å². The first-order valence-electron chi connectivity index (χ1n) is 10.1. The molecule has 0 bridgehead atoms. The molecular weight excluding hydrogens is 336 g/mol. The lowest BCUT2D eigenvalue weighted by Crippen LogP contribution is -2.36. The number of pyridine rings is 1. The zero-order valence-electron chi connectivity index (χ0n) is 17.1. The Bertz CT molecular complexity index is 908. The molecule has 2 heterocycles. The summed E-state index contributed by atoms with van der Waals surface area (Å²) in [5.74, 6) is 1.19. The predicted molar refractivity (Wildman–Crippen MR) is 113 cm³/mol. The van der Waals surface area contributed by atoms with E-state index < -0.39 is 0 Å². The van der Waals surface area contributed by atoms with Crippen LogP contribution in [-0.4, -0.2) is 22.1 Å². The highest BCUT2D eigenvalue weighted by Gasteiger charge is 2.14. The van der Waals surface area contributed by atoms with Gasteiger partial charge in [0, 0.05) is 17.3 Å². The maximum atomic E-state index is 6.13. The number of unbranched alkanes of at least 4 members (excludes halogenated alkanes) is 2. The SMILES string of the molecule is CCCc1nc2c(N)nc3cc(CCCCCNC(C)(C)C)ccc3c2o1. The van der Waals surface area contributed by atoms with E-state index in [1.165, 1.54) is 24.8 Å². The van der Waals surface area contributed by atoms with E-state index in [1.807, 2.05) is 0 Å². The monoisotopic (exact) mass is 368 g/mol. The van der Waals surface area contributed by atoms with Crippen LogP contribution in [0.2, 0.25) is 0 Å². The normalized spacial score (nSPS) is 12.3. The number of aryl methyl sites for hydroxylation is 2. The van der Waals surface area contributed by atoms with E-state index in [1.54, 1.807) is 0 Å². The first-order chi connectivity index (χ1) is 12.9. The van der Waals surface area contributed by atoms with Gasteiger partial charge in [-0.05, 0) is 70.7 Å². The average molecular weight is 369 g/mol. The van der Waals surface area contributed by atoms with Crippen LogP contribution in [0.25, 0.3) is 22.0 Å². The summed E-state index contributed by atoms with van der Waals surface area (Å²) in [7, 11) is 0. The van der Waals surface area contributed by atoms with Crippen LogP contribution in [0, 0.1) is 0 Å². The molecule has 0 saturated carbocycles. The largest absolute Gasteiger partial charge is 0.440 e. The lowest BCUT2D eigenvalue weighted by atomic mass is 10.0. The van der Waals surface area contributed by atoms with Crippen molar-refractivity contribution in [2.45, 2.75) is 71.8 Å². The van der Waals surface area contributed by atoms with Gasteiger partial charge in [0.25, 0.3) is 0 Å². The Morgan fingerprint density at radius 2 is 1.89 bits per heavy atom. The van der Waals surface area contributed by atoms with E-state index in [2.05, 4.69) is 61.2 Å². The fraction of sp³-hybridized carbons (Fsp3) is 0.545. The number of oxazole rings is 1. The van der Waals surface area contributed by atoms with E-state index in [0.29, 0.717) is 11.3 Å². The van der Waals surface area contributed by atoms with Gasteiger partial charge < -0.3 is 15.5 Å². The van der Waals surface area contributed by atoms with E-state index in [0.717, 1.165) is 48.2 Å². The Labute approximate surface area is 161 Å². The molecule has 3 rings (SSSR count). The molecule has 0 amide bonds. The molecule has 0 fully saturated rings. The van der Waals surface area contributed by atoms with Gasteiger partial charge >= 0.3 is 0 Å². The predicted octanol–water partition coefficient (Wildman–Crippen LogP) is 5.01. The van der Waals surface area contributed by atoms with Gasteiger partial charge in [0.1, 0.15) is 0 Å². The second kappa shape index (κ2) is 8.26. The summed E-state index contributed by atoms with van der Waals surface area (Å²) in [5, 5.41) is 4.53. The molecule has 0 unspecified atom stereocenters. The molecule has 0 aliphatic rings. The molecule has 0 atom stereocenters. The van der Waals surface area contributed by atoms with Crippen LogP contribution in [-0.2, 0) is 12.8 Å². The Hall–Kier alpha value is -2.14. The second-order valence-electron chi connectivity index (χ2n) is 8.37.